The number of amides is 2. The summed E-state index contributed by atoms with van der Waals surface area (Å²) in [6.07, 6.45) is 0.740. The Morgan fingerprint density at radius 2 is 2.07 bits per heavy atom. The number of esters is 1. The SMILES string of the molecule is COc1cc(C2NC(=O)N(C)C(C)=C2C(=O)OCCC(C)C)cc(Cl)c1O. The lowest BCUT2D eigenvalue weighted by molar-refractivity contribution is -0.140. The van der Waals surface area contributed by atoms with Crippen molar-refractivity contribution in [3.05, 3.63) is 34.0 Å². The summed E-state index contributed by atoms with van der Waals surface area (Å²) >= 11 is 6.08. The molecule has 1 aromatic rings. The van der Waals surface area contributed by atoms with Crippen molar-refractivity contribution in [3.63, 3.8) is 0 Å². The Balaban J connectivity index is 2.45. The largest absolute Gasteiger partial charge is 0.503 e. The molecule has 1 aliphatic heterocycles. The first kappa shape index (κ1) is 20.9. The molecule has 0 aliphatic carbocycles. The summed E-state index contributed by atoms with van der Waals surface area (Å²) in [5.74, 6) is -0.162. The number of halogens is 1. The number of hydrogen-bond donors (Lipinski definition) is 2. The van der Waals surface area contributed by atoms with Crippen molar-refractivity contribution in [2.75, 3.05) is 20.8 Å². The maximum absolute atomic E-state index is 12.8. The number of phenolic OH excluding ortho intramolecular Hbond substituents is 1. The number of carbonyl (C=O) groups is 2. The quantitative estimate of drug-likeness (QED) is 0.717. The van der Waals surface area contributed by atoms with Crippen LogP contribution >= 0.6 is 11.6 Å². The summed E-state index contributed by atoms with van der Waals surface area (Å²) in [5.41, 5.74) is 1.30. The number of aromatic hydroxyl groups is 1. The minimum absolute atomic E-state index is 0.0581. The van der Waals surface area contributed by atoms with Crippen molar-refractivity contribution in [2.24, 2.45) is 5.92 Å². The fourth-order valence-electron chi connectivity index (χ4n) is 2.73. The van der Waals surface area contributed by atoms with E-state index in [1.807, 2.05) is 13.8 Å². The average Bonchev–Trinajstić information content (AvgIpc) is 2.61. The molecule has 148 valence electrons. The molecule has 8 heteroatoms. The van der Waals surface area contributed by atoms with Gasteiger partial charge in [0.1, 0.15) is 0 Å². The molecule has 0 spiro atoms. The number of hydrogen-bond acceptors (Lipinski definition) is 5. The average molecular weight is 397 g/mol. The number of urea groups is 1. The summed E-state index contributed by atoms with van der Waals surface area (Å²) in [7, 11) is 2.97. The van der Waals surface area contributed by atoms with Gasteiger partial charge in [0.15, 0.2) is 11.5 Å². The highest BCUT2D eigenvalue weighted by Gasteiger charge is 2.35. The summed E-state index contributed by atoms with van der Waals surface area (Å²) in [6.45, 7) is 6.06. The Labute approximate surface area is 163 Å². The maximum Gasteiger partial charge on any atom is 0.338 e. The normalized spacial score (nSPS) is 17.2. The van der Waals surface area contributed by atoms with Gasteiger partial charge in [0.2, 0.25) is 0 Å². The highest BCUT2D eigenvalue weighted by Crippen LogP contribution is 2.39. The number of nitrogens with zero attached hydrogens (tertiary/aromatic N) is 1. The zero-order chi connectivity index (χ0) is 20.3. The van der Waals surface area contributed by atoms with Crippen LogP contribution in [0.2, 0.25) is 5.02 Å². The van der Waals surface area contributed by atoms with Gasteiger partial charge in [-0.25, -0.2) is 9.59 Å². The fourth-order valence-corrected chi connectivity index (χ4v) is 2.95. The second kappa shape index (κ2) is 8.52. The number of benzene rings is 1. The molecule has 7 nitrogen and oxygen atoms in total. The van der Waals surface area contributed by atoms with Gasteiger partial charge >= 0.3 is 12.0 Å². The van der Waals surface area contributed by atoms with Crippen LogP contribution in [0, 0.1) is 5.92 Å². The van der Waals surface area contributed by atoms with Crippen LogP contribution in [0.5, 0.6) is 11.5 Å². The Morgan fingerprint density at radius 3 is 2.67 bits per heavy atom. The minimum atomic E-state index is -0.771. The molecule has 1 aromatic carbocycles. The third-order valence-corrected chi connectivity index (χ3v) is 4.79. The first-order valence-corrected chi connectivity index (χ1v) is 9.03. The third kappa shape index (κ3) is 4.47. The molecule has 0 fully saturated rings. The van der Waals surface area contributed by atoms with Crippen LogP contribution in [0.3, 0.4) is 0 Å². The molecule has 1 atom stereocenters. The summed E-state index contributed by atoms with van der Waals surface area (Å²) in [4.78, 5) is 26.4. The van der Waals surface area contributed by atoms with Gasteiger partial charge in [-0.15, -0.1) is 0 Å². The van der Waals surface area contributed by atoms with E-state index in [1.54, 1.807) is 14.0 Å². The van der Waals surface area contributed by atoms with Crippen LogP contribution < -0.4 is 10.1 Å². The first-order chi connectivity index (χ1) is 12.7. The monoisotopic (exact) mass is 396 g/mol. The van der Waals surface area contributed by atoms with E-state index in [0.29, 0.717) is 22.8 Å². The van der Waals surface area contributed by atoms with E-state index in [2.05, 4.69) is 5.32 Å². The molecule has 1 aliphatic rings. The van der Waals surface area contributed by atoms with Crippen LogP contribution in [-0.4, -0.2) is 42.8 Å². The molecule has 2 N–H and O–H groups in total. The van der Waals surface area contributed by atoms with E-state index in [1.165, 1.54) is 24.1 Å². The summed E-state index contributed by atoms with van der Waals surface area (Å²) in [6, 6.07) is 1.89. The standard InChI is InChI=1S/C19H25ClN2O5/c1-10(2)6-7-27-18(24)15-11(3)22(4)19(25)21-16(15)12-8-13(20)17(23)14(9-12)26-5/h8-10,16,23H,6-7H2,1-5H3,(H,21,25). The van der Waals surface area contributed by atoms with E-state index in [9.17, 15) is 14.7 Å². The van der Waals surface area contributed by atoms with Crippen molar-refractivity contribution in [2.45, 2.75) is 33.2 Å². The highest BCUT2D eigenvalue weighted by atomic mass is 35.5. The molecular weight excluding hydrogens is 372 g/mol. The number of carbonyl (C=O) groups excluding carboxylic acids is 2. The smallest absolute Gasteiger partial charge is 0.338 e. The van der Waals surface area contributed by atoms with Crippen LogP contribution in [-0.2, 0) is 9.53 Å². The summed E-state index contributed by atoms with van der Waals surface area (Å²) in [5, 5.41) is 12.8. The van der Waals surface area contributed by atoms with Crippen molar-refractivity contribution in [1.82, 2.24) is 10.2 Å². The van der Waals surface area contributed by atoms with Gasteiger partial charge in [0.25, 0.3) is 0 Å². The molecule has 1 heterocycles. The van der Waals surface area contributed by atoms with E-state index in [0.717, 1.165) is 6.42 Å². The van der Waals surface area contributed by atoms with Crippen LogP contribution in [0.15, 0.2) is 23.4 Å². The van der Waals surface area contributed by atoms with E-state index in [-0.39, 0.29) is 29.2 Å². The minimum Gasteiger partial charge on any atom is -0.503 e. The highest BCUT2D eigenvalue weighted by molar-refractivity contribution is 6.32. The number of phenols is 1. The Bertz CT molecular complexity index is 776. The molecule has 0 radical (unpaired) electrons. The fraction of sp³-hybridized carbons (Fsp3) is 0.474. The van der Waals surface area contributed by atoms with E-state index in [4.69, 9.17) is 21.1 Å². The van der Waals surface area contributed by atoms with Crippen molar-refractivity contribution in [1.29, 1.82) is 0 Å². The van der Waals surface area contributed by atoms with Gasteiger partial charge in [-0.2, -0.15) is 0 Å². The van der Waals surface area contributed by atoms with Crippen LogP contribution in [0.1, 0.15) is 38.8 Å². The zero-order valence-electron chi connectivity index (χ0n) is 16.1. The third-order valence-electron chi connectivity index (χ3n) is 4.51. The molecule has 1 unspecified atom stereocenters. The van der Waals surface area contributed by atoms with Crippen molar-refractivity contribution >= 4 is 23.6 Å². The van der Waals surface area contributed by atoms with Crippen molar-refractivity contribution < 1.29 is 24.2 Å². The second-order valence-electron chi connectivity index (χ2n) is 6.81. The van der Waals surface area contributed by atoms with Crippen LogP contribution in [0.25, 0.3) is 0 Å². The molecule has 27 heavy (non-hydrogen) atoms. The van der Waals surface area contributed by atoms with Gasteiger partial charge in [0.05, 0.1) is 30.4 Å². The zero-order valence-corrected chi connectivity index (χ0v) is 16.9. The second-order valence-corrected chi connectivity index (χ2v) is 7.22. The van der Waals surface area contributed by atoms with E-state index < -0.39 is 12.0 Å². The Kier molecular flexibility index (Phi) is 6.59. The number of methoxy groups -OCH3 is 1. The lowest BCUT2D eigenvalue weighted by Gasteiger charge is -2.33. The number of allylic oxidation sites excluding steroid dienone is 1. The lowest BCUT2D eigenvalue weighted by Crippen LogP contribution is -2.46. The Morgan fingerprint density at radius 1 is 1.41 bits per heavy atom. The first-order valence-electron chi connectivity index (χ1n) is 8.65. The molecular formula is C19H25ClN2O5. The summed E-state index contributed by atoms with van der Waals surface area (Å²) < 4.78 is 10.5. The van der Waals surface area contributed by atoms with Gasteiger partial charge in [0, 0.05) is 12.7 Å². The molecule has 0 bridgehead atoms. The molecule has 0 aromatic heterocycles. The Hall–Kier alpha value is -2.41. The topological polar surface area (TPSA) is 88.1 Å². The molecule has 0 saturated carbocycles. The van der Waals surface area contributed by atoms with Crippen molar-refractivity contribution in [3.8, 4) is 11.5 Å². The predicted molar refractivity (Wildman–Crippen MR) is 102 cm³/mol. The van der Waals surface area contributed by atoms with Gasteiger partial charge in [-0.05, 0) is 37.0 Å². The number of rotatable bonds is 6. The molecule has 0 saturated heterocycles. The van der Waals surface area contributed by atoms with Gasteiger partial charge < -0.3 is 24.8 Å². The van der Waals surface area contributed by atoms with Crippen LogP contribution in [0.4, 0.5) is 4.79 Å². The number of ether oxygens (including phenoxy) is 2. The van der Waals surface area contributed by atoms with E-state index >= 15 is 0 Å². The number of nitrogens with one attached hydrogen (secondary N) is 1. The predicted octanol–water partition coefficient (Wildman–Crippen LogP) is 3.61. The maximum atomic E-state index is 12.8. The van der Waals surface area contributed by atoms with Gasteiger partial charge in [-0.1, -0.05) is 25.4 Å². The lowest BCUT2D eigenvalue weighted by atomic mass is 9.94. The molecule has 2 amide bonds. The van der Waals surface area contributed by atoms with Gasteiger partial charge in [-0.3, -0.25) is 0 Å². The molecule has 2 rings (SSSR count).